The fraction of sp³-hybridized carbons (Fsp3) is 0.316. The Morgan fingerprint density at radius 3 is 2.24 bits per heavy atom. The summed E-state index contributed by atoms with van der Waals surface area (Å²) >= 11 is 1.18. The molecule has 2 aromatic heterocycles. The number of thiophene rings is 1. The Kier molecular flexibility index (Phi) is 5.29. The zero-order chi connectivity index (χ0) is 21.7. The summed E-state index contributed by atoms with van der Waals surface area (Å²) in [5.74, 6) is -1.28. The number of benzene rings is 1. The second-order valence-electron chi connectivity index (χ2n) is 6.73. The van der Waals surface area contributed by atoms with Gasteiger partial charge in [0.25, 0.3) is 10.0 Å². The molecule has 0 aliphatic carbocycles. The smallest absolute Gasteiger partial charge is 0.351 e. The predicted octanol–water partition coefficient (Wildman–Crippen LogP) is 5.48. The summed E-state index contributed by atoms with van der Waals surface area (Å²) in [6.07, 6.45) is -4.71. The minimum atomic E-state index is -4.71. The molecule has 1 aromatic carbocycles. The van der Waals surface area contributed by atoms with Crippen molar-refractivity contribution in [1.29, 1.82) is 0 Å². The van der Waals surface area contributed by atoms with Crippen molar-refractivity contribution < 1.29 is 26.1 Å². The standard InChI is InChI=1S/C19H19F3N2O3S2/c1-10-6-7-14(8-11(10)2)24(5)29(25,26)18-13(4)28-12(3)17(18)15-9-16(27-23-15)19(20,21)22/h6-9H,1-5H3. The first-order valence-electron chi connectivity index (χ1n) is 8.54. The van der Waals surface area contributed by atoms with E-state index in [1.807, 2.05) is 19.9 Å². The maximum absolute atomic E-state index is 13.4. The first-order chi connectivity index (χ1) is 13.3. The number of halogens is 3. The van der Waals surface area contributed by atoms with Crippen LogP contribution in [0.15, 0.2) is 33.7 Å². The van der Waals surface area contributed by atoms with Gasteiger partial charge >= 0.3 is 6.18 Å². The Bertz CT molecular complexity index is 1180. The fourth-order valence-electron chi connectivity index (χ4n) is 2.99. The zero-order valence-corrected chi connectivity index (χ0v) is 18.0. The number of aromatic nitrogens is 1. The second kappa shape index (κ2) is 7.17. The average molecular weight is 445 g/mol. The maximum Gasteiger partial charge on any atom is 0.452 e. The van der Waals surface area contributed by atoms with Gasteiger partial charge in [0, 0.05) is 28.4 Å². The van der Waals surface area contributed by atoms with Crippen LogP contribution in [-0.4, -0.2) is 20.6 Å². The molecule has 10 heteroatoms. The quantitative estimate of drug-likeness (QED) is 0.535. The lowest BCUT2D eigenvalue weighted by Gasteiger charge is -2.21. The van der Waals surface area contributed by atoms with Crippen molar-refractivity contribution in [2.75, 3.05) is 11.4 Å². The lowest BCUT2D eigenvalue weighted by Crippen LogP contribution is -2.27. The van der Waals surface area contributed by atoms with Crippen LogP contribution in [0.2, 0.25) is 0 Å². The van der Waals surface area contributed by atoms with Gasteiger partial charge in [0.2, 0.25) is 5.76 Å². The maximum atomic E-state index is 13.4. The highest BCUT2D eigenvalue weighted by Gasteiger charge is 2.38. The minimum Gasteiger partial charge on any atom is -0.351 e. The van der Waals surface area contributed by atoms with Gasteiger partial charge in [-0.2, -0.15) is 13.2 Å². The van der Waals surface area contributed by atoms with E-state index < -0.39 is 22.0 Å². The van der Waals surface area contributed by atoms with Crippen LogP contribution < -0.4 is 4.31 Å². The highest BCUT2D eigenvalue weighted by atomic mass is 32.2. The third-order valence-electron chi connectivity index (χ3n) is 4.72. The summed E-state index contributed by atoms with van der Waals surface area (Å²) in [6.45, 7) is 7.05. The summed E-state index contributed by atoms with van der Waals surface area (Å²) in [4.78, 5) is 0.934. The van der Waals surface area contributed by atoms with Crippen LogP contribution in [0.1, 0.15) is 26.6 Å². The number of hydrogen-bond donors (Lipinski definition) is 0. The van der Waals surface area contributed by atoms with Gasteiger partial charge in [-0.15, -0.1) is 11.3 Å². The SMILES string of the molecule is Cc1ccc(N(C)S(=O)(=O)c2c(C)sc(C)c2-c2cc(C(F)(F)F)on2)cc1C. The zero-order valence-electron chi connectivity index (χ0n) is 16.4. The number of rotatable bonds is 4. The van der Waals surface area contributed by atoms with Gasteiger partial charge in [-0.1, -0.05) is 11.2 Å². The lowest BCUT2D eigenvalue weighted by molar-refractivity contribution is -0.155. The summed E-state index contributed by atoms with van der Waals surface area (Å²) in [5.41, 5.74) is 2.37. The molecule has 0 N–H and O–H groups in total. The molecule has 0 aliphatic heterocycles. The molecule has 156 valence electrons. The molecule has 0 saturated heterocycles. The summed E-state index contributed by atoms with van der Waals surface area (Å²) in [5, 5.41) is 3.49. The molecule has 3 aromatic rings. The Morgan fingerprint density at radius 1 is 1.03 bits per heavy atom. The van der Waals surface area contributed by atoms with Crippen LogP contribution >= 0.6 is 11.3 Å². The Morgan fingerprint density at radius 2 is 1.69 bits per heavy atom. The van der Waals surface area contributed by atoms with Crippen molar-refractivity contribution in [1.82, 2.24) is 5.16 Å². The molecule has 5 nitrogen and oxygen atoms in total. The van der Waals surface area contributed by atoms with Crippen molar-refractivity contribution in [3.63, 3.8) is 0 Å². The highest BCUT2D eigenvalue weighted by molar-refractivity contribution is 7.93. The lowest BCUT2D eigenvalue weighted by atomic mass is 10.1. The van der Waals surface area contributed by atoms with Gasteiger partial charge in [-0.3, -0.25) is 4.31 Å². The molecule has 2 heterocycles. The molecule has 0 fully saturated rings. The van der Waals surface area contributed by atoms with Crippen LogP contribution in [0, 0.1) is 27.7 Å². The largest absolute Gasteiger partial charge is 0.452 e. The molecular formula is C19H19F3N2O3S2. The van der Waals surface area contributed by atoms with E-state index in [2.05, 4.69) is 9.68 Å². The van der Waals surface area contributed by atoms with Crippen molar-refractivity contribution in [3.05, 3.63) is 50.9 Å². The molecular weight excluding hydrogens is 425 g/mol. The molecule has 0 spiro atoms. The van der Waals surface area contributed by atoms with Crippen LogP contribution in [0.3, 0.4) is 0 Å². The van der Waals surface area contributed by atoms with E-state index in [-0.39, 0.29) is 16.2 Å². The summed E-state index contributed by atoms with van der Waals surface area (Å²) in [6, 6.07) is 5.98. The van der Waals surface area contributed by atoms with Crippen LogP contribution in [0.4, 0.5) is 18.9 Å². The van der Waals surface area contributed by atoms with Gasteiger partial charge in [0.05, 0.1) is 5.69 Å². The third-order valence-corrected chi connectivity index (χ3v) is 7.83. The summed E-state index contributed by atoms with van der Waals surface area (Å²) in [7, 11) is -2.64. The van der Waals surface area contributed by atoms with E-state index in [4.69, 9.17) is 0 Å². The first-order valence-corrected chi connectivity index (χ1v) is 10.8. The molecule has 0 amide bonds. The van der Waals surface area contributed by atoms with E-state index in [9.17, 15) is 21.6 Å². The third kappa shape index (κ3) is 3.78. The molecule has 0 saturated carbocycles. The summed E-state index contributed by atoms with van der Waals surface area (Å²) < 4.78 is 71.1. The predicted molar refractivity (Wildman–Crippen MR) is 106 cm³/mol. The van der Waals surface area contributed by atoms with Crippen LogP contribution in [0.5, 0.6) is 0 Å². The van der Waals surface area contributed by atoms with E-state index in [1.165, 1.54) is 18.4 Å². The highest BCUT2D eigenvalue weighted by Crippen LogP contribution is 2.42. The van der Waals surface area contributed by atoms with Crippen LogP contribution in [-0.2, 0) is 16.2 Å². The molecule has 0 atom stereocenters. The number of sulfonamides is 1. The monoisotopic (exact) mass is 444 g/mol. The normalized spacial score (nSPS) is 12.4. The molecule has 0 radical (unpaired) electrons. The first kappa shape index (κ1) is 21.4. The van der Waals surface area contributed by atoms with Gasteiger partial charge in [-0.05, 0) is 51.0 Å². The van der Waals surface area contributed by atoms with Crippen LogP contribution in [0.25, 0.3) is 11.3 Å². The number of nitrogens with zero attached hydrogens (tertiary/aromatic N) is 2. The topological polar surface area (TPSA) is 63.4 Å². The van der Waals surface area contributed by atoms with E-state index in [1.54, 1.807) is 26.0 Å². The molecule has 3 rings (SSSR count). The molecule has 29 heavy (non-hydrogen) atoms. The average Bonchev–Trinajstić information content (AvgIpc) is 3.20. The van der Waals surface area contributed by atoms with Gasteiger partial charge in [0.1, 0.15) is 10.6 Å². The molecule has 0 unspecified atom stereocenters. The second-order valence-corrected chi connectivity index (χ2v) is 10.1. The Labute approximate surface area is 170 Å². The number of aryl methyl sites for hydroxylation is 4. The number of anilines is 1. The van der Waals surface area contributed by atoms with Crippen molar-refractivity contribution in [2.45, 2.75) is 38.8 Å². The number of hydrogen-bond acceptors (Lipinski definition) is 5. The van der Waals surface area contributed by atoms with Crippen molar-refractivity contribution in [3.8, 4) is 11.3 Å². The van der Waals surface area contributed by atoms with Gasteiger partial charge < -0.3 is 4.52 Å². The minimum absolute atomic E-state index is 0.0669. The van der Waals surface area contributed by atoms with E-state index >= 15 is 0 Å². The Balaban J connectivity index is 2.15. The van der Waals surface area contributed by atoms with E-state index in [0.29, 0.717) is 15.4 Å². The van der Waals surface area contributed by atoms with Crippen molar-refractivity contribution >= 4 is 27.0 Å². The van der Waals surface area contributed by atoms with E-state index in [0.717, 1.165) is 21.5 Å². The van der Waals surface area contributed by atoms with Crippen molar-refractivity contribution in [2.24, 2.45) is 0 Å². The number of alkyl halides is 3. The molecule has 0 bridgehead atoms. The van der Waals surface area contributed by atoms with Gasteiger partial charge in [-0.25, -0.2) is 8.42 Å². The fourth-order valence-corrected chi connectivity index (χ4v) is 6.01. The molecule has 0 aliphatic rings. The van der Waals surface area contributed by atoms with Gasteiger partial charge in [0.15, 0.2) is 0 Å². The Hall–Kier alpha value is -2.33.